The minimum atomic E-state index is -0.491. The number of nitrogens with two attached hydrogens (primary N) is 1. The average Bonchev–Trinajstić information content (AvgIpc) is 3.11. The van der Waals surface area contributed by atoms with E-state index in [1.54, 1.807) is 6.92 Å². The Hall–Kier alpha value is -2.81. The molecule has 5 nitrogen and oxygen atoms in total. The van der Waals surface area contributed by atoms with Crippen LogP contribution in [0.25, 0.3) is 10.2 Å². The Morgan fingerprint density at radius 3 is 2.59 bits per heavy atom. The molecule has 1 fully saturated rings. The molecular weight excluding hydrogens is 437 g/mol. The summed E-state index contributed by atoms with van der Waals surface area (Å²) in [7, 11) is 0. The molecule has 0 unspecified atom stereocenters. The molecule has 3 aromatic rings. The van der Waals surface area contributed by atoms with Gasteiger partial charge < -0.3 is 16.0 Å². The van der Waals surface area contributed by atoms with Crippen LogP contribution in [0, 0.1) is 17.5 Å². The summed E-state index contributed by atoms with van der Waals surface area (Å²) in [6, 6.07) is 3.75. The van der Waals surface area contributed by atoms with Crippen LogP contribution in [0.3, 0.4) is 0 Å². The van der Waals surface area contributed by atoms with Gasteiger partial charge >= 0.3 is 0 Å². The number of carbonyl (C=O) groups excluding carboxylic acids is 1. The number of hydrogen-bond donors (Lipinski definition) is 2. The van der Waals surface area contributed by atoms with Gasteiger partial charge in [0.25, 0.3) is 5.91 Å². The SMILES string of the molecule is CCc1nc2sc(C(=O)NCCc3cc(F)c(N4CCCCC4)cc3F)c(N)c2cc1F. The fraction of sp³-hybridized carbons (Fsp3) is 0.391. The van der Waals surface area contributed by atoms with Crippen molar-refractivity contribution >= 4 is 38.8 Å². The summed E-state index contributed by atoms with van der Waals surface area (Å²) in [6.45, 7) is 3.35. The van der Waals surface area contributed by atoms with E-state index in [-0.39, 0.29) is 29.1 Å². The van der Waals surface area contributed by atoms with Crippen LogP contribution in [-0.4, -0.2) is 30.5 Å². The second-order valence-corrected chi connectivity index (χ2v) is 8.92. The first-order chi connectivity index (χ1) is 15.4. The van der Waals surface area contributed by atoms with E-state index in [4.69, 9.17) is 5.73 Å². The molecule has 1 aliphatic heterocycles. The van der Waals surface area contributed by atoms with Crippen molar-refractivity contribution in [2.75, 3.05) is 30.3 Å². The summed E-state index contributed by atoms with van der Waals surface area (Å²) in [5.74, 6) is -1.85. The molecule has 1 saturated heterocycles. The van der Waals surface area contributed by atoms with Crippen LogP contribution in [0.15, 0.2) is 18.2 Å². The number of benzene rings is 1. The van der Waals surface area contributed by atoms with Gasteiger partial charge in [-0.2, -0.15) is 0 Å². The molecule has 1 aromatic carbocycles. The third-order valence-electron chi connectivity index (χ3n) is 5.78. The van der Waals surface area contributed by atoms with Crippen LogP contribution < -0.4 is 16.0 Å². The zero-order chi connectivity index (χ0) is 22.8. The number of nitrogen functional groups attached to an aromatic ring is 1. The number of hydrogen-bond acceptors (Lipinski definition) is 5. The number of amides is 1. The number of halogens is 3. The third kappa shape index (κ3) is 4.39. The Bertz CT molecular complexity index is 1160. The number of rotatable bonds is 6. The molecule has 3 heterocycles. The van der Waals surface area contributed by atoms with Crippen molar-refractivity contribution in [3.8, 4) is 0 Å². The minimum Gasteiger partial charge on any atom is -0.397 e. The molecule has 2 aromatic heterocycles. The maximum absolute atomic E-state index is 14.6. The molecule has 170 valence electrons. The molecule has 0 aliphatic carbocycles. The van der Waals surface area contributed by atoms with Gasteiger partial charge in [-0.25, -0.2) is 18.2 Å². The maximum Gasteiger partial charge on any atom is 0.263 e. The highest BCUT2D eigenvalue weighted by atomic mass is 32.1. The van der Waals surface area contributed by atoms with E-state index in [0.29, 0.717) is 28.0 Å². The van der Waals surface area contributed by atoms with Crippen molar-refractivity contribution in [1.82, 2.24) is 10.3 Å². The van der Waals surface area contributed by atoms with Crippen LogP contribution in [0.4, 0.5) is 24.5 Å². The van der Waals surface area contributed by atoms with E-state index >= 15 is 0 Å². The first-order valence-electron chi connectivity index (χ1n) is 10.8. The van der Waals surface area contributed by atoms with E-state index < -0.39 is 23.4 Å². The molecule has 0 bridgehead atoms. The normalized spacial score (nSPS) is 14.2. The number of aryl methyl sites for hydroxylation is 1. The second kappa shape index (κ2) is 9.36. The molecule has 1 amide bonds. The highest BCUT2D eigenvalue weighted by Crippen LogP contribution is 2.33. The summed E-state index contributed by atoms with van der Waals surface area (Å²) >= 11 is 1.09. The first kappa shape index (κ1) is 22.4. The standard InChI is InChI=1S/C23H25F3N4OS/c1-2-18-16(25)11-14-20(27)21(32-23(14)29-18)22(31)28-7-6-13-10-17(26)19(12-15(13)24)30-8-4-3-5-9-30/h10-12H,2-9,27H2,1H3,(H,28,31). The topological polar surface area (TPSA) is 71.2 Å². The quantitative estimate of drug-likeness (QED) is 0.551. The number of thiophene rings is 1. The molecule has 9 heteroatoms. The van der Waals surface area contributed by atoms with Crippen molar-refractivity contribution in [1.29, 1.82) is 0 Å². The lowest BCUT2D eigenvalue weighted by Crippen LogP contribution is -2.30. The van der Waals surface area contributed by atoms with Gasteiger partial charge in [-0.3, -0.25) is 4.79 Å². The molecule has 0 saturated carbocycles. The number of nitrogens with one attached hydrogen (secondary N) is 1. The van der Waals surface area contributed by atoms with Crippen LogP contribution >= 0.6 is 11.3 Å². The Labute approximate surface area is 188 Å². The van der Waals surface area contributed by atoms with E-state index in [2.05, 4.69) is 10.3 Å². The Balaban J connectivity index is 1.44. The summed E-state index contributed by atoms with van der Waals surface area (Å²) < 4.78 is 43.2. The number of pyridine rings is 1. The predicted octanol–water partition coefficient (Wildman–Crippen LogP) is 4.82. The number of anilines is 2. The summed E-state index contributed by atoms with van der Waals surface area (Å²) in [4.78, 5) is 19.4. The van der Waals surface area contributed by atoms with Crippen LogP contribution in [0.2, 0.25) is 0 Å². The van der Waals surface area contributed by atoms with E-state index in [9.17, 15) is 18.0 Å². The van der Waals surface area contributed by atoms with Crippen molar-refractivity contribution in [3.63, 3.8) is 0 Å². The Morgan fingerprint density at radius 2 is 1.88 bits per heavy atom. The average molecular weight is 463 g/mol. The molecule has 4 rings (SSSR count). The van der Waals surface area contributed by atoms with Crippen molar-refractivity contribution in [3.05, 3.63) is 51.8 Å². The summed E-state index contributed by atoms with van der Waals surface area (Å²) in [5.41, 5.74) is 7.01. The smallest absolute Gasteiger partial charge is 0.263 e. The Morgan fingerprint density at radius 1 is 1.12 bits per heavy atom. The van der Waals surface area contributed by atoms with Crippen molar-refractivity contribution in [2.24, 2.45) is 0 Å². The lowest BCUT2D eigenvalue weighted by atomic mass is 10.1. The van der Waals surface area contributed by atoms with Gasteiger partial charge in [-0.15, -0.1) is 11.3 Å². The van der Waals surface area contributed by atoms with Gasteiger partial charge in [-0.05, 0) is 49.8 Å². The van der Waals surface area contributed by atoms with Crippen LogP contribution in [0.1, 0.15) is 47.1 Å². The summed E-state index contributed by atoms with van der Waals surface area (Å²) in [6.07, 6.45) is 3.61. The van der Waals surface area contributed by atoms with Gasteiger partial charge in [0, 0.05) is 31.1 Å². The molecule has 0 radical (unpaired) electrons. The van der Waals surface area contributed by atoms with Gasteiger partial charge in [-0.1, -0.05) is 6.92 Å². The molecule has 32 heavy (non-hydrogen) atoms. The van der Waals surface area contributed by atoms with E-state index in [1.807, 2.05) is 4.90 Å². The van der Waals surface area contributed by atoms with Crippen molar-refractivity contribution in [2.45, 2.75) is 39.0 Å². The summed E-state index contributed by atoms with van der Waals surface area (Å²) in [5, 5.41) is 3.09. The highest BCUT2D eigenvalue weighted by molar-refractivity contribution is 7.21. The van der Waals surface area contributed by atoms with Crippen LogP contribution in [-0.2, 0) is 12.8 Å². The fourth-order valence-electron chi connectivity index (χ4n) is 4.01. The number of fused-ring (bicyclic) bond motifs is 1. The van der Waals surface area contributed by atoms with Crippen LogP contribution in [0.5, 0.6) is 0 Å². The zero-order valence-corrected chi connectivity index (χ0v) is 18.6. The molecule has 0 atom stereocenters. The minimum absolute atomic E-state index is 0.105. The van der Waals surface area contributed by atoms with Gasteiger partial charge in [0.15, 0.2) is 0 Å². The molecule has 1 aliphatic rings. The largest absolute Gasteiger partial charge is 0.397 e. The lowest BCUT2D eigenvalue weighted by Gasteiger charge is -2.29. The molecule has 0 spiro atoms. The van der Waals surface area contributed by atoms with E-state index in [0.717, 1.165) is 43.7 Å². The number of piperidine rings is 1. The van der Waals surface area contributed by atoms with Gasteiger partial charge in [0.2, 0.25) is 0 Å². The lowest BCUT2D eigenvalue weighted by molar-refractivity contribution is 0.0959. The fourth-order valence-corrected chi connectivity index (χ4v) is 5.02. The first-order valence-corrected chi connectivity index (χ1v) is 11.6. The van der Waals surface area contributed by atoms with Gasteiger partial charge in [0.1, 0.15) is 27.2 Å². The van der Waals surface area contributed by atoms with Gasteiger partial charge in [0.05, 0.1) is 17.1 Å². The predicted molar refractivity (Wildman–Crippen MR) is 122 cm³/mol. The number of nitrogens with zero attached hydrogens (tertiary/aromatic N) is 2. The third-order valence-corrected chi connectivity index (χ3v) is 6.89. The maximum atomic E-state index is 14.6. The second-order valence-electron chi connectivity index (χ2n) is 7.92. The molecule has 3 N–H and O–H groups in total. The number of carbonyl (C=O) groups is 1. The number of aromatic nitrogens is 1. The monoisotopic (exact) mass is 462 g/mol. The zero-order valence-electron chi connectivity index (χ0n) is 17.8. The Kier molecular flexibility index (Phi) is 6.55. The highest BCUT2D eigenvalue weighted by Gasteiger charge is 2.20. The van der Waals surface area contributed by atoms with Crippen molar-refractivity contribution < 1.29 is 18.0 Å². The molecular formula is C23H25F3N4OS. The van der Waals surface area contributed by atoms with E-state index in [1.165, 1.54) is 18.2 Å².